The fraction of sp³-hybridized carbons (Fsp3) is 0.462. The summed E-state index contributed by atoms with van der Waals surface area (Å²) in [6.07, 6.45) is 1.43. The van der Waals surface area contributed by atoms with Gasteiger partial charge in [-0.15, -0.1) is 0 Å². The second-order valence-corrected chi connectivity index (χ2v) is 3.90. The Balaban J connectivity index is 2.49. The molecule has 0 bridgehead atoms. The van der Waals surface area contributed by atoms with E-state index in [1.165, 1.54) is 5.56 Å². The molecular formula is C13H17NO2. The largest absolute Gasteiger partial charge is 0.394 e. The average Bonchev–Trinajstić information content (AvgIpc) is 2.35. The molecule has 0 spiro atoms. The fourth-order valence-electron chi connectivity index (χ4n) is 1.46. The van der Waals surface area contributed by atoms with Crippen LogP contribution in [0.3, 0.4) is 0 Å². The predicted molar refractivity (Wildman–Crippen MR) is 61.8 cm³/mol. The molecule has 0 amide bonds. The lowest BCUT2D eigenvalue weighted by molar-refractivity contribution is -0.0122. The van der Waals surface area contributed by atoms with Gasteiger partial charge in [-0.05, 0) is 25.3 Å². The molecule has 0 radical (unpaired) electrons. The van der Waals surface area contributed by atoms with Crippen molar-refractivity contribution in [3.8, 4) is 6.07 Å². The van der Waals surface area contributed by atoms with E-state index in [1.54, 1.807) is 6.92 Å². The van der Waals surface area contributed by atoms with Crippen molar-refractivity contribution in [3.63, 3.8) is 0 Å². The molecule has 3 nitrogen and oxygen atoms in total. The summed E-state index contributed by atoms with van der Waals surface area (Å²) < 4.78 is 5.34. The Morgan fingerprint density at radius 2 is 2.06 bits per heavy atom. The van der Waals surface area contributed by atoms with E-state index >= 15 is 0 Å². The summed E-state index contributed by atoms with van der Waals surface area (Å²) >= 11 is 0. The molecule has 0 aliphatic heterocycles. The Morgan fingerprint density at radius 3 is 2.62 bits per heavy atom. The van der Waals surface area contributed by atoms with Gasteiger partial charge in [0, 0.05) is 0 Å². The molecule has 1 atom stereocenters. The minimum absolute atomic E-state index is 0.0530. The van der Waals surface area contributed by atoms with E-state index in [4.69, 9.17) is 15.1 Å². The van der Waals surface area contributed by atoms with Crippen LogP contribution in [0.25, 0.3) is 0 Å². The lowest BCUT2D eigenvalue weighted by atomic mass is 9.98. The molecule has 0 fully saturated rings. The number of nitriles is 1. The SMILES string of the molecule is CC(C#N)(CCc1ccccc1)OCCO. The molecule has 3 heteroatoms. The Bertz CT molecular complexity index is 345. The van der Waals surface area contributed by atoms with E-state index in [-0.39, 0.29) is 13.2 Å². The molecule has 0 aliphatic rings. The number of hydrogen-bond donors (Lipinski definition) is 1. The van der Waals surface area contributed by atoms with E-state index in [2.05, 4.69) is 6.07 Å². The van der Waals surface area contributed by atoms with Crippen LogP contribution in [0.1, 0.15) is 18.9 Å². The number of nitrogens with zero attached hydrogens (tertiary/aromatic N) is 1. The first kappa shape index (κ1) is 12.7. The Labute approximate surface area is 96.3 Å². The summed E-state index contributed by atoms with van der Waals surface area (Å²) in [4.78, 5) is 0. The first-order chi connectivity index (χ1) is 7.70. The zero-order chi connectivity index (χ0) is 11.9. The van der Waals surface area contributed by atoms with Crippen molar-refractivity contribution in [2.24, 2.45) is 0 Å². The van der Waals surface area contributed by atoms with Gasteiger partial charge in [0.15, 0.2) is 5.60 Å². The standard InChI is InChI=1S/C13H17NO2/c1-13(11-14,16-10-9-15)8-7-12-5-3-2-4-6-12/h2-6,15H,7-10H2,1H3. The highest BCUT2D eigenvalue weighted by Crippen LogP contribution is 2.17. The molecule has 1 aromatic carbocycles. The van der Waals surface area contributed by atoms with Crippen molar-refractivity contribution < 1.29 is 9.84 Å². The van der Waals surface area contributed by atoms with E-state index in [0.29, 0.717) is 6.42 Å². The maximum Gasteiger partial charge on any atom is 0.151 e. The van der Waals surface area contributed by atoms with Gasteiger partial charge in [-0.1, -0.05) is 30.3 Å². The summed E-state index contributed by atoms with van der Waals surface area (Å²) in [5.41, 5.74) is 0.384. The van der Waals surface area contributed by atoms with Crippen molar-refractivity contribution in [2.75, 3.05) is 13.2 Å². The van der Waals surface area contributed by atoms with Crippen LogP contribution in [0.2, 0.25) is 0 Å². The molecule has 0 heterocycles. The summed E-state index contributed by atoms with van der Waals surface area (Å²) in [5.74, 6) is 0. The van der Waals surface area contributed by atoms with Gasteiger partial charge in [0.1, 0.15) is 0 Å². The lowest BCUT2D eigenvalue weighted by Gasteiger charge is -2.21. The number of aliphatic hydroxyl groups excluding tert-OH is 1. The summed E-state index contributed by atoms with van der Waals surface area (Å²) in [6.45, 7) is 1.91. The topological polar surface area (TPSA) is 53.2 Å². The second-order valence-electron chi connectivity index (χ2n) is 3.90. The monoisotopic (exact) mass is 219 g/mol. The Morgan fingerprint density at radius 1 is 1.38 bits per heavy atom. The van der Waals surface area contributed by atoms with Gasteiger partial charge in [-0.3, -0.25) is 0 Å². The smallest absolute Gasteiger partial charge is 0.151 e. The molecule has 16 heavy (non-hydrogen) atoms. The van der Waals surface area contributed by atoms with E-state index < -0.39 is 5.60 Å². The number of benzene rings is 1. The van der Waals surface area contributed by atoms with Crippen molar-refractivity contribution in [3.05, 3.63) is 35.9 Å². The lowest BCUT2D eigenvalue weighted by Crippen LogP contribution is -2.28. The average molecular weight is 219 g/mol. The van der Waals surface area contributed by atoms with Gasteiger partial charge in [0.25, 0.3) is 0 Å². The minimum atomic E-state index is -0.807. The minimum Gasteiger partial charge on any atom is -0.394 e. The van der Waals surface area contributed by atoms with E-state index in [9.17, 15) is 0 Å². The quantitative estimate of drug-likeness (QED) is 0.795. The van der Waals surface area contributed by atoms with Gasteiger partial charge < -0.3 is 9.84 Å². The molecule has 0 aromatic heterocycles. The van der Waals surface area contributed by atoms with Crippen LogP contribution in [0.5, 0.6) is 0 Å². The number of ether oxygens (including phenoxy) is 1. The molecule has 0 aliphatic carbocycles. The van der Waals surface area contributed by atoms with Crippen molar-refractivity contribution in [1.29, 1.82) is 5.26 Å². The zero-order valence-corrected chi connectivity index (χ0v) is 9.52. The van der Waals surface area contributed by atoms with E-state index in [0.717, 1.165) is 6.42 Å². The predicted octanol–water partition coefficient (Wildman–Crippen LogP) is 1.91. The first-order valence-corrected chi connectivity index (χ1v) is 5.40. The zero-order valence-electron chi connectivity index (χ0n) is 9.52. The van der Waals surface area contributed by atoms with Gasteiger partial charge in [0.05, 0.1) is 19.3 Å². The van der Waals surface area contributed by atoms with Gasteiger partial charge in [-0.2, -0.15) is 5.26 Å². The molecule has 0 saturated carbocycles. The summed E-state index contributed by atoms with van der Waals surface area (Å²) in [7, 11) is 0. The second kappa shape index (κ2) is 6.26. The van der Waals surface area contributed by atoms with Crippen LogP contribution in [0.15, 0.2) is 30.3 Å². The van der Waals surface area contributed by atoms with Crippen LogP contribution in [-0.2, 0) is 11.2 Å². The summed E-state index contributed by atoms with van der Waals surface area (Å²) in [6, 6.07) is 12.1. The summed E-state index contributed by atoms with van der Waals surface area (Å²) in [5, 5.41) is 17.7. The molecule has 1 rings (SSSR count). The van der Waals surface area contributed by atoms with Crippen LogP contribution in [-0.4, -0.2) is 23.9 Å². The first-order valence-electron chi connectivity index (χ1n) is 5.40. The molecular weight excluding hydrogens is 202 g/mol. The number of rotatable bonds is 6. The third-order valence-corrected chi connectivity index (χ3v) is 2.48. The number of hydrogen-bond acceptors (Lipinski definition) is 3. The third kappa shape index (κ3) is 4.01. The van der Waals surface area contributed by atoms with Gasteiger partial charge >= 0.3 is 0 Å². The Hall–Kier alpha value is -1.37. The third-order valence-electron chi connectivity index (χ3n) is 2.48. The molecule has 1 N–H and O–H groups in total. The van der Waals surface area contributed by atoms with Crippen LogP contribution >= 0.6 is 0 Å². The molecule has 1 aromatic rings. The highest BCUT2D eigenvalue weighted by Gasteiger charge is 2.23. The van der Waals surface area contributed by atoms with Crippen molar-refractivity contribution >= 4 is 0 Å². The highest BCUT2D eigenvalue weighted by atomic mass is 16.5. The van der Waals surface area contributed by atoms with E-state index in [1.807, 2.05) is 30.3 Å². The van der Waals surface area contributed by atoms with Crippen LogP contribution in [0.4, 0.5) is 0 Å². The maximum absolute atomic E-state index is 9.03. The molecule has 0 saturated heterocycles. The van der Waals surface area contributed by atoms with Crippen molar-refractivity contribution in [1.82, 2.24) is 0 Å². The molecule has 86 valence electrons. The normalized spacial score (nSPS) is 14.1. The van der Waals surface area contributed by atoms with Crippen LogP contribution < -0.4 is 0 Å². The maximum atomic E-state index is 9.03. The highest BCUT2D eigenvalue weighted by molar-refractivity contribution is 5.16. The number of aryl methyl sites for hydroxylation is 1. The van der Waals surface area contributed by atoms with Gasteiger partial charge in [-0.25, -0.2) is 0 Å². The van der Waals surface area contributed by atoms with Gasteiger partial charge in [0.2, 0.25) is 0 Å². The molecule has 1 unspecified atom stereocenters. The Kier molecular flexibility index (Phi) is 4.97. The van der Waals surface area contributed by atoms with Crippen molar-refractivity contribution in [2.45, 2.75) is 25.4 Å². The fourth-order valence-corrected chi connectivity index (χ4v) is 1.46. The van der Waals surface area contributed by atoms with Crippen LogP contribution in [0, 0.1) is 11.3 Å². The number of aliphatic hydroxyl groups is 1.